The number of hydrogen-bond acceptors (Lipinski definition) is 2. The number of carboxylic acid groups (broad SMARTS) is 1. The summed E-state index contributed by atoms with van der Waals surface area (Å²) in [4.78, 5) is 10.2. The lowest BCUT2D eigenvalue weighted by molar-refractivity contribution is 0.0689. The lowest BCUT2D eigenvalue weighted by Gasteiger charge is -2.01. The van der Waals surface area contributed by atoms with E-state index in [9.17, 15) is 18.0 Å². The molecule has 0 saturated carbocycles. The van der Waals surface area contributed by atoms with E-state index in [1.165, 1.54) is 0 Å². The number of carboxylic acids is 1. The zero-order chi connectivity index (χ0) is 10.2. The molecule has 2 N–H and O–H groups in total. The van der Waals surface area contributed by atoms with Crippen LogP contribution in [0.15, 0.2) is 6.07 Å². The number of phenols is 1. The van der Waals surface area contributed by atoms with Gasteiger partial charge in [0.2, 0.25) is 5.82 Å². The maximum Gasteiger partial charge on any atom is 0.338 e. The zero-order valence-corrected chi connectivity index (χ0v) is 6.01. The maximum atomic E-state index is 12.6. The average molecular weight is 192 g/mol. The molecule has 1 rings (SSSR count). The van der Waals surface area contributed by atoms with Crippen molar-refractivity contribution in [3.8, 4) is 5.75 Å². The van der Waals surface area contributed by atoms with Gasteiger partial charge in [-0.2, -0.15) is 4.39 Å². The second kappa shape index (κ2) is 2.96. The van der Waals surface area contributed by atoms with Crippen LogP contribution >= 0.6 is 0 Å². The molecule has 0 radical (unpaired) electrons. The van der Waals surface area contributed by atoms with Gasteiger partial charge >= 0.3 is 5.97 Å². The minimum Gasteiger partial charge on any atom is -0.503 e. The van der Waals surface area contributed by atoms with E-state index < -0.39 is 34.7 Å². The van der Waals surface area contributed by atoms with Gasteiger partial charge in [-0.3, -0.25) is 0 Å². The molecule has 0 spiro atoms. The van der Waals surface area contributed by atoms with E-state index in [0.717, 1.165) is 0 Å². The van der Waals surface area contributed by atoms with E-state index in [2.05, 4.69) is 0 Å². The van der Waals surface area contributed by atoms with Gasteiger partial charge in [0.05, 0.1) is 0 Å². The number of rotatable bonds is 1. The number of benzene rings is 1. The largest absolute Gasteiger partial charge is 0.503 e. The normalized spacial score (nSPS) is 10.1. The lowest BCUT2D eigenvalue weighted by atomic mass is 10.2. The smallest absolute Gasteiger partial charge is 0.338 e. The van der Waals surface area contributed by atoms with Crippen LogP contribution < -0.4 is 0 Å². The molecule has 0 aromatic heterocycles. The van der Waals surface area contributed by atoms with Crippen LogP contribution in [0, 0.1) is 17.5 Å². The molecular weight excluding hydrogens is 189 g/mol. The van der Waals surface area contributed by atoms with Gasteiger partial charge in [-0.1, -0.05) is 0 Å². The predicted octanol–water partition coefficient (Wildman–Crippen LogP) is 1.51. The number of aromatic carboxylic acids is 1. The second-order valence-electron chi connectivity index (χ2n) is 2.19. The molecule has 0 aliphatic rings. The number of carbonyl (C=O) groups is 1. The molecule has 3 nitrogen and oxygen atoms in total. The van der Waals surface area contributed by atoms with Crippen molar-refractivity contribution in [1.29, 1.82) is 0 Å². The van der Waals surface area contributed by atoms with Crippen LogP contribution in [0.5, 0.6) is 5.75 Å². The molecule has 70 valence electrons. The number of aromatic hydroxyl groups is 1. The Hall–Kier alpha value is -1.72. The summed E-state index contributed by atoms with van der Waals surface area (Å²) in [6.07, 6.45) is 0. The third-order valence-corrected chi connectivity index (χ3v) is 1.36. The van der Waals surface area contributed by atoms with Gasteiger partial charge in [-0.25, -0.2) is 13.6 Å². The monoisotopic (exact) mass is 192 g/mol. The Labute approximate surface area is 70.0 Å². The Bertz CT molecular complexity index is 376. The summed E-state index contributed by atoms with van der Waals surface area (Å²) in [7, 11) is 0. The maximum absolute atomic E-state index is 12.6. The quantitative estimate of drug-likeness (QED) is 0.663. The number of halogens is 3. The lowest BCUT2D eigenvalue weighted by Crippen LogP contribution is -2.04. The molecule has 0 fully saturated rings. The molecule has 0 atom stereocenters. The standard InChI is InChI=1S/C7H3F3O3/c8-3-1-2(7(12)13)4(9)5(10)6(3)11/h1,11H,(H,12,13). The van der Waals surface area contributed by atoms with Crippen molar-refractivity contribution >= 4 is 5.97 Å². The Kier molecular flexibility index (Phi) is 2.14. The summed E-state index contributed by atoms with van der Waals surface area (Å²) < 4.78 is 37.6. The van der Waals surface area contributed by atoms with Gasteiger partial charge in [-0.05, 0) is 6.07 Å². The van der Waals surface area contributed by atoms with Crippen molar-refractivity contribution < 1.29 is 28.2 Å². The molecule has 1 aromatic carbocycles. The Morgan fingerprint density at radius 2 is 1.77 bits per heavy atom. The van der Waals surface area contributed by atoms with Crippen LogP contribution in [0.1, 0.15) is 10.4 Å². The highest BCUT2D eigenvalue weighted by molar-refractivity contribution is 5.88. The van der Waals surface area contributed by atoms with E-state index in [-0.39, 0.29) is 6.07 Å². The topological polar surface area (TPSA) is 57.5 Å². The first kappa shape index (κ1) is 9.37. The molecule has 0 bridgehead atoms. The van der Waals surface area contributed by atoms with Gasteiger partial charge < -0.3 is 10.2 Å². The predicted molar refractivity (Wildman–Crippen MR) is 34.9 cm³/mol. The van der Waals surface area contributed by atoms with Crippen molar-refractivity contribution in [2.75, 3.05) is 0 Å². The molecule has 0 aliphatic heterocycles. The van der Waals surface area contributed by atoms with Gasteiger partial charge in [0.25, 0.3) is 0 Å². The first-order chi connectivity index (χ1) is 5.95. The highest BCUT2D eigenvalue weighted by Crippen LogP contribution is 2.24. The van der Waals surface area contributed by atoms with Crippen LogP contribution in [0.2, 0.25) is 0 Å². The van der Waals surface area contributed by atoms with Crippen molar-refractivity contribution in [2.45, 2.75) is 0 Å². The van der Waals surface area contributed by atoms with Crippen LogP contribution in [-0.2, 0) is 0 Å². The molecule has 1 aromatic rings. The fourth-order valence-electron chi connectivity index (χ4n) is 0.741. The Morgan fingerprint density at radius 1 is 1.23 bits per heavy atom. The Morgan fingerprint density at radius 3 is 2.23 bits per heavy atom. The SMILES string of the molecule is O=C(O)c1cc(F)c(O)c(F)c1F. The molecule has 6 heteroatoms. The average Bonchev–Trinajstić information content (AvgIpc) is 2.07. The molecule has 0 saturated heterocycles. The number of hydrogen-bond donors (Lipinski definition) is 2. The van der Waals surface area contributed by atoms with Gasteiger partial charge in [-0.15, -0.1) is 0 Å². The minimum absolute atomic E-state index is 0.204. The van der Waals surface area contributed by atoms with E-state index >= 15 is 0 Å². The molecule has 0 amide bonds. The van der Waals surface area contributed by atoms with E-state index in [4.69, 9.17) is 10.2 Å². The fourth-order valence-corrected chi connectivity index (χ4v) is 0.741. The number of phenolic OH excluding ortho intramolecular Hbond substituents is 1. The first-order valence-corrected chi connectivity index (χ1v) is 3.05. The molecule has 0 aliphatic carbocycles. The highest BCUT2D eigenvalue weighted by atomic mass is 19.2. The first-order valence-electron chi connectivity index (χ1n) is 3.05. The third-order valence-electron chi connectivity index (χ3n) is 1.36. The summed E-state index contributed by atoms with van der Waals surface area (Å²) in [6.45, 7) is 0. The van der Waals surface area contributed by atoms with Crippen molar-refractivity contribution in [3.63, 3.8) is 0 Å². The van der Waals surface area contributed by atoms with E-state index in [0.29, 0.717) is 0 Å². The molecular formula is C7H3F3O3. The summed E-state index contributed by atoms with van der Waals surface area (Å²) in [5, 5.41) is 16.8. The summed E-state index contributed by atoms with van der Waals surface area (Å²) in [5.74, 6) is -8.54. The summed E-state index contributed by atoms with van der Waals surface area (Å²) in [5.41, 5.74) is -1.16. The molecule has 0 heterocycles. The van der Waals surface area contributed by atoms with Gasteiger partial charge in [0.15, 0.2) is 17.4 Å². The van der Waals surface area contributed by atoms with E-state index in [1.54, 1.807) is 0 Å². The van der Waals surface area contributed by atoms with Crippen LogP contribution in [0.4, 0.5) is 13.2 Å². The molecule has 13 heavy (non-hydrogen) atoms. The molecule has 0 unspecified atom stereocenters. The van der Waals surface area contributed by atoms with Crippen LogP contribution in [0.25, 0.3) is 0 Å². The summed E-state index contributed by atoms with van der Waals surface area (Å²) in [6, 6.07) is 0.204. The van der Waals surface area contributed by atoms with Crippen molar-refractivity contribution in [1.82, 2.24) is 0 Å². The van der Waals surface area contributed by atoms with Gasteiger partial charge in [0, 0.05) is 0 Å². The summed E-state index contributed by atoms with van der Waals surface area (Å²) >= 11 is 0. The van der Waals surface area contributed by atoms with Crippen molar-refractivity contribution in [2.24, 2.45) is 0 Å². The second-order valence-corrected chi connectivity index (χ2v) is 2.19. The Balaban J connectivity index is 3.50. The third kappa shape index (κ3) is 1.42. The fraction of sp³-hybridized carbons (Fsp3) is 0. The van der Waals surface area contributed by atoms with E-state index in [1.807, 2.05) is 0 Å². The van der Waals surface area contributed by atoms with Crippen molar-refractivity contribution in [3.05, 3.63) is 29.1 Å². The highest BCUT2D eigenvalue weighted by Gasteiger charge is 2.21. The van der Waals surface area contributed by atoms with Gasteiger partial charge in [0.1, 0.15) is 5.56 Å². The minimum atomic E-state index is -1.91. The van der Waals surface area contributed by atoms with Crippen LogP contribution in [0.3, 0.4) is 0 Å². The van der Waals surface area contributed by atoms with Crippen LogP contribution in [-0.4, -0.2) is 16.2 Å². The zero-order valence-electron chi connectivity index (χ0n) is 6.01.